The van der Waals surface area contributed by atoms with Crippen molar-refractivity contribution in [2.24, 2.45) is 22.7 Å². The molecule has 1 aliphatic heterocycles. The van der Waals surface area contributed by atoms with E-state index in [9.17, 15) is 24.0 Å². The van der Waals surface area contributed by atoms with E-state index in [2.05, 4.69) is 34.8 Å². The third-order valence-electron chi connectivity index (χ3n) is 8.17. The number of ketones is 1. The number of pyridine rings is 1. The number of nitrogens with one attached hydrogen (secondary N) is 3. The minimum atomic E-state index is -1.03. The van der Waals surface area contributed by atoms with E-state index >= 15 is 0 Å². The zero-order chi connectivity index (χ0) is 31.6. The zero-order valence-electron chi connectivity index (χ0n) is 26.4. The minimum Gasteiger partial charge on any atom is -0.444 e. The van der Waals surface area contributed by atoms with E-state index in [1.807, 2.05) is 27.7 Å². The Kier molecular flexibility index (Phi) is 9.74. The molecule has 1 aliphatic carbocycles. The van der Waals surface area contributed by atoms with Crippen LogP contribution in [0.1, 0.15) is 80.7 Å². The summed E-state index contributed by atoms with van der Waals surface area (Å²) in [5, 5.41) is 8.15. The highest BCUT2D eigenvalue weighted by Gasteiger charge is 2.70. The third kappa shape index (κ3) is 7.66. The molecule has 0 aromatic carbocycles. The summed E-state index contributed by atoms with van der Waals surface area (Å²) in [5.74, 6) is -2.39. The lowest BCUT2D eigenvalue weighted by atomic mass is 9.85. The van der Waals surface area contributed by atoms with Crippen molar-refractivity contribution in [1.82, 2.24) is 25.8 Å². The van der Waals surface area contributed by atoms with E-state index in [1.165, 1.54) is 4.90 Å². The van der Waals surface area contributed by atoms with E-state index in [1.54, 1.807) is 45.3 Å². The first-order chi connectivity index (χ1) is 19.4. The SMILES string of the molecule is CCC[C@H](NC(=O)[C@@H]1[C@@H]2[C@H](CN1C(=O)[C@@H](NC(=O)OC(C)(C)C)C(C)(C)C)C2(C)C)C(=O)C(=O)NCc1ccncc1. The van der Waals surface area contributed by atoms with Crippen molar-refractivity contribution in [3.05, 3.63) is 30.1 Å². The fourth-order valence-electron chi connectivity index (χ4n) is 5.80. The number of carbonyl (C=O) groups is 5. The molecular weight excluding hydrogens is 538 g/mol. The molecular formula is C31H47N5O6. The van der Waals surface area contributed by atoms with Crippen LogP contribution in [-0.4, -0.2) is 69.8 Å². The molecule has 1 aromatic rings. The van der Waals surface area contributed by atoms with Crippen molar-refractivity contribution < 1.29 is 28.7 Å². The molecule has 3 rings (SSSR count). The van der Waals surface area contributed by atoms with Crippen LogP contribution in [0.2, 0.25) is 0 Å². The number of nitrogens with zero attached hydrogens (tertiary/aromatic N) is 2. The van der Waals surface area contributed by atoms with Gasteiger partial charge in [0, 0.05) is 25.5 Å². The highest BCUT2D eigenvalue weighted by atomic mass is 16.6. The quantitative estimate of drug-likeness (QED) is 0.358. The van der Waals surface area contributed by atoms with E-state index in [0.29, 0.717) is 13.0 Å². The lowest BCUT2D eigenvalue weighted by molar-refractivity contribution is -0.145. The Morgan fingerprint density at radius 3 is 2.21 bits per heavy atom. The van der Waals surface area contributed by atoms with Gasteiger partial charge in [-0.05, 0) is 67.6 Å². The molecule has 4 amide bonds. The number of fused-ring (bicyclic) bond motifs is 1. The number of alkyl carbamates (subject to hydrolysis) is 1. The van der Waals surface area contributed by atoms with Crippen LogP contribution in [0, 0.1) is 22.7 Å². The Balaban J connectivity index is 1.78. The molecule has 0 bridgehead atoms. The highest BCUT2D eigenvalue weighted by molar-refractivity contribution is 6.38. The standard InChI is InChI=1S/C31H47N5O6/c1-10-11-20(23(37)26(39)33-16-18-12-14-32-15-13-18)34-25(38)22-21-19(31(21,8)9)17-36(22)27(40)24(29(2,3)4)35-28(41)42-30(5,6)7/h12-15,19-22,24H,10-11,16-17H2,1-9H3,(H,33,39)(H,34,38)(H,35,41)/t19-,20-,21-,22-,24+/m0/s1. The van der Waals surface area contributed by atoms with E-state index in [-0.39, 0.29) is 36.1 Å². The first-order valence-electron chi connectivity index (χ1n) is 14.7. The number of amides is 4. The molecule has 5 atom stereocenters. The predicted molar refractivity (Wildman–Crippen MR) is 157 cm³/mol. The molecule has 2 fully saturated rings. The molecule has 1 saturated heterocycles. The van der Waals surface area contributed by atoms with Crippen molar-refractivity contribution in [3.63, 3.8) is 0 Å². The van der Waals surface area contributed by atoms with Crippen LogP contribution < -0.4 is 16.0 Å². The van der Waals surface area contributed by atoms with Crippen LogP contribution in [0.4, 0.5) is 4.79 Å². The first-order valence-corrected chi connectivity index (χ1v) is 14.7. The number of ether oxygens (including phenoxy) is 1. The van der Waals surface area contributed by atoms with Gasteiger partial charge in [-0.1, -0.05) is 48.0 Å². The van der Waals surface area contributed by atoms with Crippen molar-refractivity contribution in [1.29, 1.82) is 0 Å². The van der Waals surface area contributed by atoms with Gasteiger partial charge < -0.3 is 25.6 Å². The summed E-state index contributed by atoms with van der Waals surface area (Å²) < 4.78 is 5.41. The van der Waals surface area contributed by atoms with Gasteiger partial charge in [0.2, 0.25) is 17.6 Å². The van der Waals surface area contributed by atoms with E-state index in [0.717, 1.165) is 5.56 Å². The molecule has 0 spiro atoms. The van der Waals surface area contributed by atoms with Crippen LogP contribution in [0.15, 0.2) is 24.5 Å². The van der Waals surface area contributed by atoms with Gasteiger partial charge >= 0.3 is 6.09 Å². The number of rotatable bonds is 10. The summed E-state index contributed by atoms with van der Waals surface area (Å²) >= 11 is 0. The summed E-state index contributed by atoms with van der Waals surface area (Å²) in [6.07, 6.45) is 3.31. The maximum Gasteiger partial charge on any atom is 0.408 e. The molecule has 3 N–H and O–H groups in total. The Bertz CT molecular complexity index is 1190. The van der Waals surface area contributed by atoms with Crippen LogP contribution in [0.25, 0.3) is 0 Å². The Labute approximate surface area is 248 Å². The molecule has 1 saturated carbocycles. The predicted octanol–water partition coefficient (Wildman–Crippen LogP) is 2.97. The molecule has 11 heteroatoms. The first kappa shape index (κ1) is 33.0. The second kappa shape index (κ2) is 12.4. The Hall–Kier alpha value is -3.50. The van der Waals surface area contributed by atoms with Gasteiger partial charge in [-0.3, -0.25) is 24.2 Å². The molecule has 0 radical (unpaired) electrons. The smallest absolute Gasteiger partial charge is 0.408 e. The van der Waals surface area contributed by atoms with Crippen LogP contribution in [-0.2, 0) is 30.5 Å². The molecule has 2 heterocycles. The second-order valence-corrected chi connectivity index (χ2v) is 14.1. The van der Waals surface area contributed by atoms with Crippen molar-refractivity contribution >= 4 is 29.6 Å². The lowest BCUT2D eigenvalue weighted by Crippen LogP contribution is -2.60. The molecule has 11 nitrogen and oxygen atoms in total. The number of Topliss-reactive ketones (excluding diaryl/α,β-unsaturated/α-hetero) is 1. The van der Waals surface area contributed by atoms with Crippen molar-refractivity contribution in [2.75, 3.05) is 6.54 Å². The molecule has 42 heavy (non-hydrogen) atoms. The lowest BCUT2D eigenvalue weighted by Gasteiger charge is -2.38. The molecule has 232 valence electrons. The average molecular weight is 586 g/mol. The fraction of sp³-hybridized carbons (Fsp3) is 0.677. The zero-order valence-corrected chi connectivity index (χ0v) is 26.4. The third-order valence-corrected chi connectivity index (χ3v) is 8.17. The number of piperidine rings is 1. The topological polar surface area (TPSA) is 147 Å². The minimum absolute atomic E-state index is 0.100. The summed E-state index contributed by atoms with van der Waals surface area (Å²) in [6.45, 7) is 17.2. The van der Waals surface area contributed by atoms with Gasteiger partial charge in [0.05, 0.1) is 6.04 Å². The van der Waals surface area contributed by atoms with Gasteiger partial charge in [0.15, 0.2) is 0 Å². The molecule has 1 aromatic heterocycles. The fourth-order valence-corrected chi connectivity index (χ4v) is 5.80. The normalized spacial score (nSPS) is 22.3. The van der Waals surface area contributed by atoms with Gasteiger partial charge in [0.1, 0.15) is 17.7 Å². The largest absolute Gasteiger partial charge is 0.444 e. The average Bonchev–Trinajstić information content (AvgIpc) is 3.21. The summed E-state index contributed by atoms with van der Waals surface area (Å²) in [4.78, 5) is 71.9. The summed E-state index contributed by atoms with van der Waals surface area (Å²) in [5.41, 5.74) is -0.799. The number of hydrogen-bond acceptors (Lipinski definition) is 7. The van der Waals surface area contributed by atoms with E-state index < -0.39 is 52.8 Å². The Morgan fingerprint density at radius 1 is 1.05 bits per heavy atom. The van der Waals surface area contributed by atoms with E-state index in [4.69, 9.17) is 4.74 Å². The van der Waals surface area contributed by atoms with Crippen LogP contribution in [0.5, 0.6) is 0 Å². The van der Waals surface area contributed by atoms with Crippen LogP contribution in [0.3, 0.4) is 0 Å². The van der Waals surface area contributed by atoms with Gasteiger partial charge in [-0.25, -0.2) is 4.79 Å². The van der Waals surface area contributed by atoms with Crippen molar-refractivity contribution in [2.45, 2.75) is 105 Å². The highest BCUT2D eigenvalue weighted by Crippen LogP contribution is 2.65. The number of carbonyl (C=O) groups excluding carboxylic acids is 5. The van der Waals surface area contributed by atoms with Gasteiger partial charge in [-0.2, -0.15) is 0 Å². The van der Waals surface area contributed by atoms with Gasteiger partial charge in [-0.15, -0.1) is 0 Å². The van der Waals surface area contributed by atoms with Crippen molar-refractivity contribution in [3.8, 4) is 0 Å². The number of aromatic nitrogens is 1. The maximum atomic E-state index is 14.0. The Morgan fingerprint density at radius 2 is 1.67 bits per heavy atom. The summed E-state index contributed by atoms with van der Waals surface area (Å²) in [7, 11) is 0. The molecule has 2 aliphatic rings. The number of hydrogen-bond donors (Lipinski definition) is 3. The summed E-state index contributed by atoms with van der Waals surface area (Å²) in [6, 6.07) is 0.650. The van der Waals surface area contributed by atoms with Crippen LogP contribution >= 0.6 is 0 Å². The van der Waals surface area contributed by atoms with Gasteiger partial charge in [0.25, 0.3) is 5.91 Å². The molecule has 0 unspecified atom stereocenters. The second-order valence-electron chi connectivity index (χ2n) is 14.1. The maximum absolute atomic E-state index is 14.0. The monoisotopic (exact) mass is 585 g/mol. The number of likely N-dealkylation sites (tertiary alicyclic amines) is 1.